The van der Waals surface area contributed by atoms with Crippen LogP contribution in [0.4, 0.5) is 4.39 Å². The maximum atomic E-state index is 13.7. The number of rotatable bonds is 5. The highest BCUT2D eigenvalue weighted by atomic mass is 19.1. The summed E-state index contributed by atoms with van der Waals surface area (Å²) in [6.07, 6.45) is 5.81. The zero-order valence-corrected chi connectivity index (χ0v) is 15.0. The molecule has 4 nitrogen and oxygen atoms in total. The number of aryl methyl sites for hydroxylation is 1. The zero-order chi connectivity index (χ0) is 17.5. The standard InChI is InChI=1S/C20H29FN2O2/c21-19-8-2-1-6-17(19)9-10-20(24)23-12-5-11-22(13-14-23)16-18-7-3-4-15-25-18/h1-2,6,8,18H,3-5,7,9-16H2. The lowest BCUT2D eigenvalue weighted by Crippen LogP contribution is -2.39. The fourth-order valence-electron chi connectivity index (χ4n) is 3.74. The van der Waals surface area contributed by atoms with Gasteiger partial charge in [0.1, 0.15) is 5.82 Å². The van der Waals surface area contributed by atoms with Gasteiger partial charge in [-0.15, -0.1) is 0 Å². The van der Waals surface area contributed by atoms with E-state index in [-0.39, 0.29) is 11.7 Å². The Balaban J connectivity index is 1.44. The van der Waals surface area contributed by atoms with Crippen molar-refractivity contribution in [1.82, 2.24) is 9.80 Å². The summed E-state index contributed by atoms with van der Waals surface area (Å²) in [6.45, 7) is 5.37. The predicted molar refractivity (Wildman–Crippen MR) is 95.9 cm³/mol. The number of halogens is 1. The highest BCUT2D eigenvalue weighted by Crippen LogP contribution is 2.16. The maximum absolute atomic E-state index is 13.7. The Morgan fingerprint density at radius 2 is 2.00 bits per heavy atom. The van der Waals surface area contributed by atoms with Crippen molar-refractivity contribution in [2.75, 3.05) is 39.3 Å². The molecule has 2 saturated heterocycles. The van der Waals surface area contributed by atoms with Gasteiger partial charge in [-0.05, 0) is 50.3 Å². The van der Waals surface area contributed by atoms with E-state index < -0.39 is 0 Å². The van der Waals surface area contributed by atoms with Crippen LogP contribution in [-0.4, -0.2) is 61.1 Å². The molecule has 0 saturated carbocycles. The number of ether oxygens (including phenoxy) is 1. The van der Waals surface area contributed by atoms with Crippen LogP contribution in [0.5, 0.6) is 0 Å². The van der Waals surface area contributed by atoms with Gasteiger partial charge in [-0.2, -0.15) is 0 Å². The Morgan fingerprint density at radius 1 is 1.12 bits per heavy atom. The number of nitrogens with zero attached hydrogens (tertiary/aromatic N) is 2. The van der Waals surface area contributed by atoms with Crippen molar-refractivity contribution < 1.29 is 13.9 Å². The maximum Gasteiger partial charge on any atom is 0.222 e. The molecule has 0 aromatic heterocycles. The molecule has 138 valence electrons. The second-order valence-electron chi connectivity index (χ2n) is 7.11. The summed E-state index contributed by atoms with van der Waals surface area (Å²) in [4.78, 5) is 16.9. The van der Waals surface area contributed by atoms with Crippen molar-refractivity contribution in [1.29, 1.82) is 0 Å². The van der Waals surface area contributed by atoms with Crippen LogP contribution < -0.4 is 0 Å². The highest BCUT2D eigenvalue weighted by molar-refractivity contribution is 5.76. The summed E-state index contributed by atoms with van der Waals surface area (Å²) in [5, 5.41) is 0. The number of hydrogen-bond donors (Lipinski definition) is 0. The van der Waals surface area contributed by atoms with Gasteiger partial charge in [0.05, 0.1) is 6.10 Å². The van der Waals surface area contributed by atoms with E-state index in [0.717, 1.165) is 52.2 Å². The number of amides is 1. The fraction of sp³-hybridized carbons (Fsp3) is 0.650. The lowest BCUT2D eigenvalue weighted by atomic mass is 10.1. The first-order valence-electron chi connectivity index (χ1n) is 9.57. The molecule has 1 unspecified atom stereocenters. The van der Waals surface area contributed by atoms with Crippen molar-refractivity contribution in [3.8, 4) is 0 Å². The molecule has 25 heavy (non-hydrogen) atoms. The average Bonchev–Trinajstić information content (AvgIpc) is 2.87. The van der Waals surface area contributed by atoms with Gasteiger partial charge < -0.3 is 9.64 Å². The summed E-state index contributed by atoms with van der Waals surface area (Å²) in [6, 6.07) is 6.72. The molecule has 2 heterocycles. The van der Waals surface area contributed by atoms with Crippen LogP contribution in [0.3, 0.4) is 0 Å². The lowest BCUT2D eigenvalue weighted by molar-refractivity contribution is -0.131. The molecule has 3 rings (SSSR count). The molecule has 2 aliphatic rings. The predicted octanol–water partition coefficient (Wildman–Crippen LogP) is 2.86. The molecule has 0 radical (unpaired) electrons. The Bertz CT molecular complexity index is 560. The van der Waals surface area contributed by atoms with E-state index in [2.05, 4.69) is 4.90 Å². The van der Waals surface area contributed by atoms with Crippen molar-refractivity contribution >= 4 is 5.91 Å². The van der Waals surface area contributed by atoms with Gasteiger partial charge in [-0.3, -0.25) is 9.69 Å². The van der Waals surface area contributed by atoms with Gasteiger partial charge >= 0.3 is 0 Å². The first-order chi connectivity index (χ1) is 12.2. The Hall–Kier alpha value is -1.46. The van der Waals surface area contributed by atoms with Crippen LogP contribution in [0.2, 0.25) is 0 Å². The lowest BCUT2D eigenvalue weighted by Gasteiger charge is -2.29. The Labute approximate surface area is 149 Å². The number of carbonyl (C=O) groups is 1. The Kier molecular flexibility index (Phi) is 6.82. The molecular formula is C20H29FN2O2. The first kappa shape index (κ1) is 18.3. The average molecular weight is 348 g/mol. The van der Waals surface area contributed by atoms with E-state index in [0.29, 0.717) is 24.5 Å². The van der Waals surface area contributed by atoms with Crippen molar-refractivity contribution in [3.05, 3.63) is 35.6 Å². The number of hydrogen-bond acceptors (Lipinski definition) is 3. The van der Waals surface area contributed by atoms with Crippen LogP contribution in [0, 0.1) is 5.82 Å². The second-order valence-corrected chi connectivity index (χ2v) is 7.11. The molecule has 1 atom stereocenters. The topological polar surface area (TPSA) is 32.8 Å². The molecular weight excluding hydrogens is 319 g/mol. The van der Waals surface area contributed by atoms with Crippen LogP contribution >= 0.6 is 0 Å². The molecule has 2 fully saturated rings. The van der Waals surface area contributed by atoms with Crippen molar-refractivity contribution in [2.24, 2.45) is 0 Å². The third-order valence-corrected chi connectivity index (χ3v) is 5.24. The van der Waals surface area contributed by atoms with Crippen LogP contribution in [-0.2, 0) is 16.0 Å². The summed E-state index contributed by atoms with van der Waals surface area (Å²) in [5.74, 6) is -0.0798. The molecule has 1 aromatic carbocycles. The van der Waals surface area contributed by atoms with Gasteiger partial charge in [0.2, 0.25) is 5.91 Å². The summed E-state index contributed by atoms with van der Waals surface area (Å²) < 4.78 is 19.5. The van der Waals surface area contributed by atoms with Gasteiger partial charge in [0.25, 0.3) is 0 Å². The van der Waals surface area contributed by atoms with Gasteiger partial charge in [0.15, 0.2) is 0 Å². The molecule has 2 aliphatic heterocycles. The largest absolute Gasteiger partial charge is 0.377 e. The van der Waals surface area contributed by atoms with Crippen LogP contribution in [0.1, 0.15) is 37.7 Å². The molecule has 1 aromatic rings. The first-order valence-corrected chi connectivity index (χ1v) is 9.57. The van der Waals surface area contributed by atoms with Gasteiger partial charge in [0, 0.05) is 39.2 Å². The number of carbonyl (C=O) groups excluding carboxylic acids is 1. The molecule has 0 aliphatic carbocycles. The smallest absolute Gasteiger partial charge is 0.222 e. The SMILES string of the molecule is O=C(CCc1ccccc1F)N1CCCN(CC2CCCCO2)CC1. The van der Waals surface area contributed by atoms with Gasteiger partial charge in [-0.25, -0.2) is 4.39 Å². The van der Waals surface area contributed by atoms with E-state index >= 15 is 0 Å². The minimum Gasteiger partial charge on any atom is -0.377 e. The fourth-order valence-corrected chi connectivity index (χ4v) is 3.74. The molecule has 0 bridgehead atoms. The summed E-state index contributed by atoms with van der Waals surface area (Å²) in [7, 11) is 0. The minimum absolute atomic E-state index is 0.138. The van der Waals surface area contributed by atoms with E-state index in [9.17, 15) is 9.18 Å². The van der Waals surface area contributed by atoms with Crippen molar-refractivity contribution in [2.45, 2.75) is 44.6 Å². The molecule has 0 spiro atoms. The van der Waals surface area contributed by atoms with Crippen molar-refractivity contribution in [3.63, 3.8) is 0 Å². The van der Waals surface area contributed by atoms with Gasteiger partial charge in [-0.1, -0.05) is 18.2 Å². The summed E-state index contributed by atoms with van der Waals surface area (Å²) in [5.41, 5.74) is 0.627. The monoisotopic (exact) mass is 348 g/mol. The Morgan fingerprint density at radius 3 is 2.80 bits per heavy atom. The third kappa shape index (κ3) is 5.51. The van der Waals surface area contributed by atoms with Crippen LogP contribution in [0.15, 0.2) is 24.3 Å². The van der Waals surface area contributed by atoms with E-state index in [1.807, 2.05) is 11.0 Å². The van der Waals surface area contributed by atoms with Crippen LogP contribution in [0.25, 0.3) is 0 Å². The van der Waals surface area contributed by atoms with E-state index in [1.54, 1.807) is 12.1 Å². The quantitative estimate of drug-likeness (QED) is 0.820. The molecule has 5 heteroatoms. The minimum atomic E-state index is -0.218. The highest BCUT2D eigenvalue weighted by Gasteiger charge is 2.22. The summed E-state index contributed by atoms with van der Waals surface area (Å²) >= 11 is 0. The molecule has 0 N–H and O–H groups in total. The third-order valence-electron chi connectivity index (χ3n) is 5.24. The number of benzene rings is 1. The van der Waals surface area contributed by atoms with E-state index in [1.165, 1.54) is 18.9 Å². The van der Waals surface area contributed by atoms with E-state index in [4.69, 9.17) is 4.74 Å². The molecule has 1 amide bonds. The zero-order valence-electron chi connectivity index (χ0n) is 15.0. The normalized spacial score (nSPS) is 22.6. The second kappa shape index (κ2) is 9.30.